The summed E-state index contributed by atoms with van der Waals surface area (Å²) in [6.07, 6.45) is 0.118. The highest BCUT2D eigenvalue weighted by molar-refractivity contribution is 9.10. The number of benzene rings is 1. The van der Waals surface area contributed by atoms with Crippen LogP contribution >= 0.6 is 27.3 Å². The lowest BCUT2D eigenvalue weighted by Gasteiger charge is -2.17. The minimum absolute atomic E-state index is 0.118. The fraction of sp³-hybridized carbons (Fsp3) is 0.222. The number of aromatic nitrogens is 1. The summed E-state index contributed by atoms with van der Waals surface area (Å²) < 4.78 is 20.3. The molecule has 0 unspecified atom stereocenters. The van der Waals surface area contributed by atoms with E-state index >= 15 is 0 Å². The van der Waals surface area contributed by atoms with Crippen molar-refractivity contribution in [3.05, 3.63) is 63.0 Å². The zero-order valence-corrected chi connectivity index (χ0v) is 16.2. The molecular formula is C18H16BrFN2O2S. The molecule has 25 heavy (non-hydrogen) atoms. The molecule has 3 rings (SSSR count). The van der Waals surface area contributed by atoms with Gasteiger partial charge < -0.3 is 9.32 Å². The average molecular weight is 423 g/mol. The van der Waals surface area contributed by atoms with Crippen LogP contribution < -0.4 is 0 Å². The molecule has 2 aromatic heterocycles. The predicted molar refractivity (Wildman–Crippen MR) is 98.8 cm³/mol. The second-order valence-electron chi connectivity index (χ2n) is 5.66. The number of likely N-dealkylation sites (N-methyl/N-ethyl adjacent to an activating group) is 1. The molecular weight excluding hydrogens is 407 g/mol. The molecule has 1 aromatic carbocycles. The minimum Gasteiger partial charge on any atom is -0.440 e. The van der Waals surface area contributed by atoms with Crippen molar-refractivity contribution in [1.29, 1.82) is 0 Å². The first kappa shape index (κ1) is 17.8. The number of hydrogen-bond acceptors (Lipinski definition) is 4. The van der Waals surface area contributed by atoms with Crippen molar-refractivity contribution in [2.75, 3.05) is 7.05 Å². The summed E-state index contributed by atoms with van der Waals surface area (Å²) >= 11 is 4.85. The highest BCUT2D eigenvalue weighted by atomic mass is 79.9. The Morgan fingerprint density at radius 2 is 2.20 bits per heavy atom. The molecule has 0 radical (unpaired) electrons. The minimum atomic E-state index is -0.333. The topological polar surface area (TPSA) is 46.3 Å². The van der Waals surface area contributed by atoms with Gasteiger partial charge in [0, 0.05) is 23.6 Å². The van der Waals surface area contributed by atoms with Gasteiger partial charge in [-0.05, 0) is 36.6 Å². The summed E-state index contributed by atoms with van der Waals surface area (Å²) in [5.41, 5.74) is 1.07. The monoisotopic (exact) mass is 422 g/mol. The Hall–Kier alpha value is -1.99. The Balaban J connectivity index is 1.70. The molecule has 0 aliphatic heterocycles. The number of carbonyl (C=O) groups is 1. The third-order valence-corrected chi connectivity index (χ3v) is 5.14. The van der Waals surface area contributed by atoms with Crippen LogP contribution in [0.1, 0.15) is 17.0 Å². The SMILES string of the molecule is Cc1oc(-c2cccs2)nc1CC(=O)N(C)Cc1cc(Br)ccc1F. The lowest BCUT2D eigenvalue weighted by molar-refractivity contribution is -0.129. The third-order valence-electron chi connectivity index (χ3n) is 3.78. The maximum atomic E-state index is 13.9. The van der Waals surface area contributed by atoms with Gasteiger partial charge in [0.2, 0.25) is 11.8 Å². The second kappa shape index (κ2) is 7.49. The molecule has 0 saturated heterocycles. The van der Waals surface area contributed by atoms with Gasteiger partial charge >= 0.3 is 0 Å². The van der Waals surface area contributed by atoms with Crippen LogP contribution in [0.25, 0.3) is 10.8 Å². The van der Waals surface area contributed by atoms with Crippen molar-refractivity contribution in [2.24, 2.45) is 0 Å². The van der Waals surface area contributed by atoms with Crippen molar-refractivity contribution >= 4 is 33.2 Å². The zero-order valence-electron chi connectivity index (χ0n) is 13.8. The first-order chi connectivity index (χ1) is 11.9. The molecule has 2 heterocycles. The Labute approximate surface area is 157 Å². The maximum Gasteiger partial charge on any atom is 0.236 e. The molecule has 0 atom stereocenters. The van der Waals surface area contributed by atoms with Crippen LogP contribution in [0.2, 0.25) is 0 Å². The standard InChI is InChI=1S/C18H16BrFN2O2S/c1-11-15(21-18(24-11)16-4-3-7-25-16)9-17(23)22(2)10-12-8-13(19)5-6-14(12)20/h3-8H,9-10H2,1-2H3. The molecule has 7 heteroatoms. The summed E-state index contributed by atoms with van der Waals surface area (Å²) in [6, 6.07) is 8.53. The van der Waals surface area contributed by atoms with E-state index < -0.39 is 0 Å². The molecule has 130 valence electrons. The highest BCUT2D eigenvalue weighted by Gasteiger charge is 2.18. The Morgan fingerprint density at radius 3 is 2.92 bits per heavy atom. The van der Waals surface area contributed by atoms with Gasteiger partial charge in [0.25, 0.3) is 0 Å². The fourth-order valence-corrected chi connectivity index (χ4v) is 3.44. The van der Waals surface area contributed by atoms with E-state index in [9.17, 15) is 9.18 Å². The first-order valence-electron chi connectivity index (χ1n) is 7.62. The van der Waals surface area contributed by atoms with Crippen LogP contribution in [0.3, 0.4) is 0 Å². The van der Waals surface area contributed by atoms with E-state index in [1.165, 1.54) is 22.3 Å². The van der Waals surface area contributed by atoms with Crippen LogP contribution in [0, 0.1) is 12.7 Å². The normalized spacial score (nSPS) is 10.9. The summed E-state index contributed by atoms with van der Waals surface area (Å²) in [4.78, 5) is 19.3. The van der Waals surface area contributed by atoms with Gasteiger partial charge in [-0.3, -0.25) is 4.79 Å². The molecule has 0 N–H and O–H groups in total. The van der Waals surface area contributed by atoms with Crippen LogP contribution in [0.4, 0.5) is 4.39 Å². The third kappa shape index (κ3) is 4.16. The predicted octanol–water partition coefficient (Wildman–Crippen LogP) is 4.81. The number of amides is 1. The zero-order chi connectivity index (χ0) is 18.0. The van der Waals surface area contributed by atoms with Crippen molar-refractivity contribution in [1.82, 2.24) is 9.88 Å². The quantitative estimate of drug-likeness (QED) is 0.592. The fourth-order valence-electron chi connectivity index (χ4n) is 2.38. The number of oxazole rings is 1. The number of thiophene rings is 1. The lowest BCUT2D eigenvalue weighted by atomic mass is 10.2. The van der Waals surface area contributed by atoms with Crippen molar-refractivity contribution < 1.29 is 13.6 Å². The molecule has 0 fully saturated rings. The van der Waals surface area contributed by atoms with Crippen molar-refractivity contribution in [3.63, 3.8) is 0 Å². The Morgan fingerprint density at radius 1 is 1.40 bits per heavy atom. The number of aryl methyl sites for hydroxylation is 1. The van der Waals surface area contributed by atoms with Crippen LogP contribution in [-0.4, -0.2) is 22.8 Å². The summed E-state index contributed by atoms with van der Waals surface area (Å²) in [5.74, 6) is 0.670. The van der Waals surface area contributed by atoms with E-state index in [-0.39, 0.29) is 24.7 Å². The average Bonchev–Trinajstić information content (AvgIpc) is 3.21. The largest absolute Gasteiger partial charge is 0.440 e. The molecule has 0 aliphatic rings. The molecule has 3 aromatic rings. The van der Waals surface area contributed by atoms with E-state index in [0.29, 0.717) is 22.9 Å². The van der Waals surface area contributed by atoms with Gasteiger partial charge in [0.15, 0.2) is 0 Å². The smallest absolute Gasteiger partial charge is 0.236 e. The van der Waals surface area contributed by atoms with Gasteiger partial charge in [0.05, 0.1) is 17.0 Å². The number of hydrogen-bond donors (Lipinski definition) is 0. The summed E-state index contributed by atoms with van der Waals surface area (Å²) in [7, 11) is 1.65. The first-order valence-corrected chi connectivity index (χ1v) is 9.29. The van der Waals surface area contributed by atoms with Gasteiger partial charge in [-0.25, -0.2) is 9.37 Å². The molecule has 0 saturated carbocycles. The molecule has 4 nitrogen and oxygen atoms in total. The maximum absolute atomic E-state index is 13.9. The van der Waals surface area contributed by atoms with Gasteiger partial charge in [-0.15, -0.1) is 11.3 Å². The number of carbonyl (C=O) groups excluding carboxylic acids is 1. The van der Waals surface area contributed by atoms with Crippen LogP contribution in [0.15, 0.2) is 44.6 Å². The van der Waals surface area contributed by atoms with Crippen molar-refractivity contribution in [3.8, 4) is 10.8 Å². The molecule has 1 amide bonds. The van der Waals surface area contributed by atoms with E-state index in [1.54, 1.807) is 26.1 Å². The number of nitrogens with zero attached hydrogens (tertiary/aromatic N) is 2. The van der Waals surface area contributed by atoms with E-state index in [0.717, 1.165) is 9.35 Å². The Bertz CT molecular complexity index is 893. The van der Waals surface area contributed by atoms with E-state index in [4.69, 9.17) is 4.42 Å². The summed E-state index contributed by atoms with van der Waals surface area (Å²) in [5, 5.41) is 1.94. The second-order valence-corrected chi connectivity index (χ2v) is 7.52. The van der Waals surface area contributed by atoms with E-state index in [1.807, 2.05) is 17.5 Å². The number of rotatable bonds is 5. The van der Waals surface area contributed by atoms with E-state index in [2.05, 4.69) is 20.9 Å². The highest BCUT2D eigenvalue weighted by Crippen LogP contribution is 2.26. The molecule has 0 bridgehead atoms. The lowest BCUT2D eigenvalue weighted by Crippen LogP contribution is -2.28. The van der Waals surface area contributed by atoms with Gasteiger partial charge in [-0.1, -0.05) is 22.0 Å². The summed E-state index contributed by atoms with van der Waals surface area (Å²) in [6.45, 7) is 1.99. The molecule has 0 aliphatic carbocycles. The van der Waals surface area contributed by atoms with Crippen LogP contribution in [0.5, 0.6) is 0 Å². The van der Waals surface area contributed by atoms with Gasteiger partial charge in [-0.2, -0.15) is 0 Å². The molecule has 0 spiro atoms. The van der Waals surface area contributed by atoms with Crippen LogP contribution in [-0.2, 0) is 17.8 Å². The Kier molecular flexibility index (Phi) is 5.34. The van der Waals surface area contributed by atoms with Crippen molar-refractivity contribution in [2.45, 2.75) is 19.9 Å². The van der Waals surface area contributed by atoms with Gasteiger partial charge in [0.1, 0.15) is 11.6 Å². The number of halogens is 2.